The zero-order chi connectivity index (χ0) is 21.8. The Labute approximate surface area is 192 Å². The van der Waals surface area contributed by atoms with Gasteiger partial charge in [0.05, 0.1) is 10.9 Å². The molecule has 2 N–H and O–H groups in total. The van der Waals surface area contributed by atoms with Crippen LogP contribution in [-0.2, 0) is 9.59 Å². The second kappa shape index (κ2) is 9.36. The summed E-state index contributed by atoms with van der Waals surface area (Å²) in [5.74, 6) is -0.428. The lowest BCUT2D eigenvalue weighted by Gasteiger charge is -2.15. The summed E-state index contributed by atoms with van der Waals surface area (Å²) in [5.41, 5.74) is 1.90. The molecule has 3 aromatic carbocycles. The van der Waals surface area contributed by atoms with E-state index in [4.69, 9.17) is 0 Å². The number of hydrogen-bond acceptors (Lipinski definition) is 4. The highest BCUT2D eigenvalue weighted by Crippen LogP contribution is 2.34. The van der Waals surface area contributed by atoms with Gasteiger partial charge in [-0.15, -0.1) is 11.8 Å². The first kappa shape index (κ1) is 21.1. The number of urea groups is 1. The summed E-state index contributed by atoms with van der Waals surface area (Å²) >= 11 is 4.70. The van der Waals surface area contributed by atoms with E-state index >= 15 is 0 Å². The van der Waals surface area contributed by atoms with Crippen LogP contribution < -0.4 is 15.5 Å². The number of rotatable bonds is 5. The highest BCUT2D eigenvalue weighted by Gasteiger charge is 2.40. The van der Waals surface area contributed by atoms with Gasteiger partial charge in [-0.05, 0) is 60.7 Å². The van der Waals surface area contributed by atoms with Crippen molar-refractivity contribution in [2.75, 3.05) is 15.5 Å². The third-order valence-corrected chi connectivity index (χ3v) is 6.34. The normalized spacial score (nSPS) is 15.8. The number of nitrogens with one attached hydrogen (secondary N) is 2. The van der Waals surface area contributed by atoms with Crippen molar-refractivity contribution in [3.8, 4) is 0 Å². The first-order valence-corrected chi connectivity index (χ1v) is 11.2. The van der Waals surface area contributed by atoms with Crippen molar-refractivity contribution in [2.45, 2.75) is 16.6 Å². The van der Waals surface area contributed by atoms with Crippen LogP contribution >= 0.6 is 27.7 Å². The van der Waals surface area contributed by atoms with Crippen LogP contribution in [0.1, 0.15) is 6.42 Å². The number of hydrogen-bond donors (Lipinski definition) is 2. The lowest BCUT2D eigenvalue weighted by molar-refractivity contribution is -0.121. The molecule has 1 fully saturated rings. The lowest BCUT2D eigenvalue weighted by atomic mass is 10.3. The Morgan fingerprint density at radius 2 is 1.48 bits per heavy atom. The molecule has 4 rings (SSSR count). The highest BCUT2D eigenvalue weighted by atomic mass is 79.9. The molecule has 156 valence electrons. The lowest BCUT2D eigenvalue weighted by Crippen LogP contribution is -2.31. The zero-order valence-electron chi connectivity index (χ0n) is 16.2. The Morgan fingerprint density at radius 3 is 2.13 bits per heavy atom. The van der Waals surface area contributed by atoms with Crippen LogP contribution in [0.3, 0.4) is 0 Å². The monoisotopic (exact) mass is 495 g/mol. The number of nitrogens with zero attached hydrogens (tertiary/aromatic N) is 1. The average molecular weight is 496 g/mol. The SMILES string of the molecule is O=C(Nc1ccccc1)Nc1ccc(S[C@H]2CC(=O)N(c3ccc(Br)cc3)C2=O)cc1. The fourth-order valence-corrected chi connectivity index (χ4v) is 4.47. The minimum atomic E-state index is -0.476. The first-order valence-electron chi connectivity index (χ1n) is 9.52. The number of thioether (sulfide) groups is 1. The molecule has 1 heterocycles. The van der Waals surface area contributed by atoms with Crippen molar-refractivity contribution in [1.29, 1.82) is 0 Å². The Balaban J connectivity index is 1.36. The Kier molecular flexibility index (Phi) is 6.39. The first-order chi connectivity index (χ1) is 15.0. The van der Waals surface area contributed by atoms with Gasteiger partial charge >= 0.3 is 6.03 Å². The van der Waals surface area contributed by atoms with Gasteiger partial charge in [-0.1, -0.05) is 34.1 Å². The Morgan fingerprint density at radius 1 is 0.871 bits per heavy atom. The number of halogens is 1. The van der Waals surface area contributed by atoms with Crippen LogP contribution in [0, 0.1) is 0 Å². The smallest absolute Gasteiger partial charge is 0.308 e. The fourth-order valence-electron chi connectivity index (χ4n) is 3.15. The molecule has 1 atom stereocenters. The number of imide groups is 1. The summed E-state index contributed by atoms with van der Waals surface area (Å²) in [4.78, 5) is 39.4. The molecule has 0 unspecified atom stereocenters. The molecule has 3 aromatic rings. The van der Waals surface area contributed by atoms with E-state index in [0.717, 1.165) is 9.37 Å². The Hall–Kier alpha value is -3.10. The maximum Gasteiger partial charge on any atom is 0.323 e. The summed E-state index contributed by atoms with van der Waals surface area (Å²) in [6.45, 7) is 0. The van der Waals surface area contributed by atoms with Gasteiger partial charge in [0.2, 0.25) is 11.8 Å². The summed E-state index contributed by atoms with van der Waals surface area (Å²) in [7, 11) is 0. The molecule has 1 aliphatic rings. The second-order valence-corrected chi connectivity index (χ2v) is 9.02. The predicted molar refractivity (Wildman–Crippen MR) is 126 cm³/mol. The second-order valence-electron chi connectivity index (χ2n) is 6.82. The van der Waals surface area contributed by atoms with E-state index < -0.39 is 5.25 Å². The standard InChI is InChI=1S/C23H18BrN3O3S/c24-15-6-10-18(11-7-15)27-21(28)14-20(22(27)29)31-19-12-8-17(9-13-19)26-23(30)25-16-4-2-1-3-5-16/h1-13,20H,14H2,(H2,25,26,30)/t20-/m0/s1. The summed E-state index contributed by atoms with van der Waals surface area (Å²) in [6.07, 6.45) is 0.152. The van der Waals surface area contributed by atoms with Crippen molar-refractivity contribution < 1.29 is 14.4 Å². The molecular weight excluding hydrogens is 478 g/mol. The van der Waals surface area contributed by atoms with Gasteiger partial charge < -0.3 is 10.6 Å². The third kappa shape index (κ3) is 5.15. The molecule has 1 saturated heterocycles. The number of para-hydroxylation sites is 1. The van der Waals surface area contributed by atoms with E-state index in [-0.39, 0.29) is 24.3 Å². The molecule has 8 heteroatoms. The highest BCUT2D eigenvalue weighted by molar-refractivity contribution is 9.10. The topological polar surface area (TPSA) is 78.5 Å². The fraction of sp³-hybridized carbons (Fsp3) is 0.0870. The maximum absolute atomic E-state index is 12.8. The number of anilines is 3. The molecule has 0 radical (unpaired) electrons. The van der Waals surface area contributed by atoms with Crippen molar-refractivity contribution in [3.05, 3.63) is 83.3 Å². The van der Waals surface area contributed by atoms with Gasteiger partial charge in [-0.2, -0.15) is 0 Å². The number of carbonyl (C=O) groups excluding carboxylic acids is 3. The molecule has 0 aliphatic carbocycles. The van der Waals surface area contributed by atoms with Gasteiger partial charge in [-0.25, -0.2) is 9.69 Å². The summed E-state index contributed by atoms with van der Waals surface area (Å²) < 4.78 is 0.882. The zero-order valence-corrected chi connectivity index (χ0v) is 18.7. The van der Waals surface area contributed by atoms with Crippen LogP contribution in [0.25, 0.3) is 0 Å². The van der Waals surface area contributed by atoms with Gasteiger partial charge in [-0.3, -0.25) is 9.59 Å². The molecule has 0 spiro atoms. The van der Waals surface area contributed by atoms with Crippen molar-refractivity contribution in [3.63, 3.8) is 0 Å². The maximum atomic E-state index is 12.8. The van der Waals surface area contributed by atoms with E-state index in [9.17, 15) is 14.4 Å². The molecule has 31 heavy (non-hydrogen) atoms. The summed E-state index contributed by atoms with van der Waals surface area (Å²) in [5, 5.41) is 5.04. The van der Waals surface area contributed by atoms with E-state index in [2.05, 4.69) is 26.6 Å². The average Bonchev–Trinajstić information content (AvgIpc) is 3.04. The molecule has 6 nitrogen and oxygen atoms in total. The number of benzene rings is 3. The van der Waals surface area contributed by atoms with Gasteiger partial charge in [0.25, 0.3) is 0 Å². The van der Waals surface area contributed by atoms with Crippen LogP contribution in [0.15, 0.2) is 88.2 Å². The van der Waals surface area contributed by atoms with E-state index in [1.54, 1.807) is 48.5 Å². The molecule has 1 aliphatic heterocycles. The van der Waals surface area contributed by atoms with Crippen molar-refractivity contribution in [2.24, 2.45) is 0 Å². The van der Waals surface area contributed by atoms with E-state index in [1.165, 1.54) is 16.7 Å². The van der Waals surface area contributed by atoms with Crippen LogP contribution in [-0.4, -0.2) is 23.1 Å². The minimum absolute atomic E-state index is 0.152. The largest absolute Gasteiger partial charge is 0.323 e. The quantitative estimate of drug-likeness (QED) is 0.457. The number of amides is 4. The Bertz CT molecular complexity index is 1110. The molecule has 4 amide bonds. The van der Waals surface area contributed by atoms with Crippen molar-refractivity contribution in [1.82, 2.24) is 0 Å². The minimum Gasteiger partial charge on any atom is -0.308 e. The van der Waals surface area contributed by atoms with E-state index in [1.807, 2.05) is 30.3 Å². The molecule has 0 bridgehead atoms. The van der Waals surface area contributed by atoms with E-state index in [0.29, 0.717) is 17.1 Å². The predicted octanol–water partition coefficient (Wildman–Crippen LogP) is 5.52. The molecule has 0 aromatic heterocycles. The number of carbonyl (C=O) groups is 3. The van der Waals surface area contributed by atoms with Gasteiger partial charge in [0.1, 0.15) is 0 Å². The molecule has 0 saturated carbocycles. The summed E-state index contributed by atoms with van der Waals surface area (Å²) in [6, 6.07) is 23.1. The van der Waals surface area contributed by atoms with Gasteiger partial charge in [0.15, 0.2) is 0 Å². The van der Waals surface area contributed by atoms with Crippen LogP contribution in [0.5, 0.6) is 0 Å². The van der Waals surface area contributed by atoms with Crippen molar-refractivity contribution >= 4 is 62.6 Å². The third-order valence-electron chi connectivity index (χ3n) is 4.61. The van der Waals surface area contributed by atoms with Gasteiger partial charge in [0, 0.05) is 27.2 Å². The van der Waals surface area contributed by atoms with Crippen LogP contribution in [0.2, 0.25) is 0 Å². The van der Waals surface area contributed by atoms with Crippen LogP contribution in [0.4, 0.5) is 21.9 Å². The molecular formula is C23H18BrN3O3S.